The van der Waals surface area contributed by atoms with E-state index in [0.717, 1.165) is 12.1 Å². The highest BCUT2D eigenvalue weighted by molar-refractivity contribution is 5.30. The summed E-state index contributed by atoms with van der Waals surface area (Å²) in [5.74, 6) is 0.207. The summed E-state index contributed by atoms with van der Waals surface area (Å²) in [5, 5.41) is 2.81. The smallest absolute Gasteiger partial charge is 0.416 e. The summed E-state index contributed by atoms with van der Waals surface area (Å²) in [7, 11) is 0. The number of hydrogen-bond donors (Lipinski definition) is 1. The monoisotopic (exact) mass is 302 g/mol. The van der Waals surface area contributed by atoms with Crippen molar-refractivity contribution in [2.24, 2.45) is 0 Å². The van der Waals surface area contributed by atoms with Gasteiger partial charge < -0.3 is 9.73 Å². The molecule has 2 aromatic rings. The molecule has 0 aliphatic rings. The highest BCUT2D eigenvalue weighted by Gasteiger charge is 2.33. The summed E-state index contributed by atoms with van der Waals surface area (Å²) in [6.45, 7) is 2.06. The first-order valence-electron chi connectivity index (χ1n) is 6.40. The van der Waals surface area contributed by atoms with Crippen LogP contribution in [-0.2, 0) is 25.7 Å². The van der Waals surface area contributed by atoms with E-state index in [1.54, 1.807) is 6.20 Å². The third-order valence-corrected chi connectivity index (χ3v) is 2.92. The largest absolute Gasteiger partial charge is 0.444 e. The molecule has 0 aliphatic carbocycles. The molecule has 7 heteroatoms. The number of nitrogens with one attached hydrogen (secondary N) is 1. The van der Waals surface area contributed by atoms with E-state index in [2.05, 4.69) is 10.3 Å². The Morgan fingerprint density at radius 2 is 2.00 bits per heavy atom. The molecule has 3 nitrogen and oxygen atoms in total. The molecule has 0 saturated carbocycles. The average molecular weight is 302 g/mol. The van der Waals surface area contributed by atoms with Crippen molar-refractivity contribution in [3.8, 4) is 0 Å². The maximum Gasteiger partial charge on any atom is 0.416 e. The van der Waals surface area contributed by atoms with Gasteiger partial charge in [-0.1, -0.05) is 13.0 Å². The van der Waals surface area contributed by atoms with Gasteiger partial charge in [0.2, 0.25) is 5.89 Å². The summed E-state index contributed by atoms with van der Waals surface area (Å²) in [5.41, 5.74) is -0.997. The van der Waals surface area contributed by atoms with Gasteiger partial charge in [0.25, 0.3) is 0 Å². The second kappa shape index (κ2) is 6.26. The van der Waals surface area contributed by atoms with Crippen LogP contribution in [-0.4, -0.2) is 4.98 Å². The number of rotatable bonds is 5. The molecule has 1 N–H and O–H groups in total. The Hall–Kier alpha value is -1.89. The van der Waals surface area contributed by atoms with Crippen molar-refractivity contribution >= 4 is 0 Å². The van der Waals surface area contributed by atoms with Crippen LogP contribution in [0.15, 0.2) is 28.8 Å². The predicted molar refractivity (Wildman–Crippen MR) is 67.8 cm³/mol. The van der Waals surface area contributed by atoms with Gasteiger partial charge in [0.05, 0.1) is 18.3 Å². The number of aryl methyl sites for hydroxylation is 1. The topological polar surface area (TPSA) is 38.1 Å². The predicted octanol–water partition coefficient (Wildman–Crippen LogP) is 3.68. The Balaban J connectivity index is 2.03. The fourth-order valence-electron chi connectivity index (χ4n) is 1.86. The van der Waals surface area contributed by atoms with E-state index in [1.807, 2.05) is 6.92 Å². The number of oxazole rings is 1. The van der Waals surface area contributed by atoms with Crippen molar-refractivity contribution in [3.05, 3.63) is 53.0 Å². The molecule has 21 heavy (non-hydrogen) atoms. The third kappa shape index (κ3) is 4.04. The van der Waals surface area contributed by atoms with Crippen molar-refractivity contribution in [1.29, 1.82) is 0 Å². The molecule has 0 bridgehead atoms. The van der Waals surface area contributed by atoms with Gasteiger partial charge in [-0.3, -0.25) is 0 Å². The SMILES string of the molecule is CCc1cnc(CNCc2ccc(F)cc2C(F)(F)F)o1. The second-order valence-electron chi connectivity index (χ2n) is 4.48. The highest BCUT2D eigenvalue weighted by atomic mass is 19.4. The van der Waals surface area contributed by atoms with Crippen LogP contribution in [0.4, 0.5) is 17.6 Å². The average Bonchev–Trinajstić information content (AvgIpc) is 2.87. The third-order valence-electron chi connectivity index (χ3n) is 2.92. The molecular formula is C14H14F4N2O. The molecule has 0 radical (unpaired) electrons. The summed E-state index contributed by atoms with van der Waals surface area (Å²) in [6.07, 6.45) is -2.31. The molecule has 1 heterocycles. The zero-order chi connectivity index (χ0) is 15.5. The van der Waals surface area contributed by atoms with Crippen LogP contribution in [0.1, 0.15) is 29.7 Å². The molecule has 0 saturated heterocycles. The lowest BCUT2D eigenvalue weighted by atomic mass is 10.1. The zero-order valence-electron chi connectivity index (χ0n) is 11.3. The van der Waals surface area contributed by atoms with E-state index in [9.17, 15) is 17.6 Å². The Labute approximate surface area is 119 Å². The van der Waals surface area contributed by atoms with Crippen molar-refractivity contribution in [2.75, 3.05) is 0 Å². The van der Waals surface area contributed by atoms with Crippen molar-refractivity contribution < 1.29 is 22.0 Å². The summed E-state index contributed by atoms with van der Waals surface area (Å²) >= 11 is 0. The lowest BCUT2D eigenvalue weighted by Gasteiger charge is -2.13. The minimum atomic E-state index is -4.59. The number of nitrogens with zero attached hydrogens (tertiary/aromatic N) is 1. The Morgan fingerprint density at radius 3 is 2.62 bits per heavy atom. The van der Waals surface area contributed by atoms with Crippen molar-refractivity contribution in [3.63, 3.8) is 0 Å². The zero-order valence-corrected chi connectivity index (χ0v) is 11.3. The van der Waals surface area contributed by atoms with Gasteiger partial charge >= 0.3 is 6.18 Å². The molecule has 0 unspecified atom stereocenters. The fourth-order valence-corrected chi connectivity index (χ4v) is 1.86. The Kier molecular flexibility index (Phi) is 4.62. The standard InChI is InChI=1S/C14H14F4N2O/c1-2-11-7-20-13(21-11)8-19-6-9-3-4-10(15)5-12(9)14(16,17)18/h3-5,7,19H,2,6,8H2,1H3. The maximum atomic E-state index is 13.0. The maximum absolute atomic E-state index is 13.0. The molecule has 0 atom stereocenters. The van der Waals surface area contributed by atoms with Gasteiger partial charge in [-0.15, -0.1) is 0 Å². The van der Waals surface area contributed by atoms with Gasteiger partial charge in [0.15, 0.2) is 0 Å². The number of benzene rings is 1. The van der Waals surface area contributed by atoms with Gasteiger partial charge in [-0.05, 0) is 17.7 Å². The van der Waals surface area contributed by atoms with Gasteiger partial charge in [-0.25, -0.2) is 9.37 Å². The van der Waals surface area contributed by atoms with Crippen LogP contribution in [0.2, 0.25) is 0 Å². The minimum Gasteiger partial charge on any atom is -0.444 e. The normalized spacial score (nSPS) is 11.9. The van der Waals surface area contributed by atoms with E-state index >= 15 is 0 Å². The van der Waals surface area contributed by atoms with Crippen LogP contribution in [0.5, 0.6) is 0 Å². The molecule has 0 aliphatic heterocycles. The van der Waals surface area contributed by atoms with Gasteiger partial charge in [-0.2, -0.15) is 13.2 Å². The molecular weight excluding hydrogens is 288 g/mol. The summed E-state index contributed by atoms with van der Waals surface area (Å²) < 4.78 is 56.7. The minimum absolute atomic E-state index is 0.0221. The molecule has 114 valence electrons. The van der Waals surface area contributed by atoms with Crippen LogP contribution in [0, 0.1) is 5.82 Å². The Bertz CT molecular complexity index is 607. The van der Waals surface area contributed by atoms with Gasteiger partial charge in [0, 0.05) is 13.0 Å². The Morgan fingerprint density at radius 1 is 1.24 bits per heavy atom. The molecule has 0 spiro atoms. The first-order chi connectivity index (χ1) is 9.90. The van der Waals surface area contributed by atoms with E-state index in [1.165, 1.54) is 0 Å². The number of aromatic nitrogens is 1. The highest BCUT2D eigenvalue weighted by Crippen LogP contribution is 2.32. The quantitative estimate of drug-likeness (QED) is 0.856. The van der Waals surface area contributed by atoms with Crippen molar-refractivity contribution in [1.82, 2.24) is 10.3 Å². The van der Waals surface area contributed by atoms with Gasteiger partial charge in [0.1, 0.15) is 11.6 Å². The van der Waals surface area contributed by atoms with E-state index in [4.69, 9.17) is 4.42 Å². The summed E-state index contributed by atoms with van der Waals surface area (Å²) in [4.78, 5) is 3.99. The molecule has 0 amide bonds. The lowest BCUT2D eigenvalue weighted by molar-refractivity contribution is -0.138. The molecule has 1 aromatic heterocycles. The van der Waals surface area contributed by atoms with Crippen LogP contribution in [0.3, 0.4) is 0 Å². The first kappa shape index (κ1) is 15.5. The first-order valence-corrected chi connectivity index (χ1v) is 6.40. The van der Waals surface area contributed by atoms with E-state index < -0.39 is 17.6 Å². The molecule has 2 rings (SSSR count). The lowest BCUT2D eigenvalue weighted by Crippen LogP contribution is -2.17. The number of alkyl halides is 3. The van der Waals surface area contributed by atoms with E-state index in [-0.39, 0.29) is 18.7 Å². The van der Waals surface area contributed by atoms with Crippen LogP contribution < -0.4 is 5.32 Å². The van der Waals surface area contributed by atoms with Crippen molar-refractivity contribution in [2.45, 2.75) is 32.6 Å². The van der Waals surface area contributed by atoms with Crippen LogP contribution >= 0.6 is 0 Å². The fraction of sp³-hybridized carbons (Fsp3) is 0.357. The molecule has 1 aromatic carbocycles. The number of halogens is 4. The second-order valence-corrected chi connectivity index (χ2v) is 4.48. The van der Waals surface area contributed by atoms with Crippen LogP contribution in [0.25, 0.3) is 0 Å². The number of hydrogen-bond acceptors (Lipinski definition) is 3. The van der Waals surface area contributed by atoms with E-state index in [0.29, 0.717) is 24.1 Å². The molecule has 0 fully saturated rings. The summed E-state index contributed by atoms with van der Waals surface area (Å²) in [6, 6.07) is 2.63.